The third kappa shape index (κ3) is 3.22. The minimum atomic E-state index is -0.102. The van der Waals surface area contributed by atoms with E-state index in [-0.39, 0.29) is 19.1 Å². The van der Waals surface area contributed by atoms with Crippen molar-refractivity contribution in [2.45, 2.75) is 6.61 Å². The lowest BCUT2D eigenvalue weighted by molar-refractivity contribution is -0.127. The van der Waals surface area contributed by atoms with Crippen molar-refractivity contribution in [3.05, 3.63) is 29.3 Å². The second-order valence-corrected chi connectivity index (χ2v) is 4.27. The standard InChI is InChI=1S/C13H17N3O2/c1-15(2)13(18)8-16(3)12-5-4-10(9-17)6-11(12)7-14/h4-6,17H,8-9H2,1-3H3. The number of hydrogen-bond donors (Lipinski definition) is 1. The largest absolute Gasteiger partial charge is 0.392 e. The van der Waals surface area contributed by atoms with Crippen LogP contribution < -0.4 is 4.90 Å². The van der Waals surface area contributed by atoms with Crippen molar-refractivity contribution in [2.75, 3.05) is 32.6 Å². The summed E-state index contributed by atoms with van der Waals surface area (Å²) in [5, 5.41) is 18.1. The number of aliphatic hydroxyl groups excluding tert-OH is 1. The number of amides is 1. The number of benzene rings is 1. The van der Waals surface area contributed by atoms with E-state index in [1.807, 2.05) is 0 Å². The van der Waals surface area contributed by atoms with Gasteiger partial charge in [0, 0.05) is 21.1 Å². The van der Waals surface area contributed by atoms with E-state index in [4.69, 9.17) is 10.4 Å². The van der Waals surface area contributed by atoms with Crippen LogP contribution in [0.15, 0.2) is 18.2 Å². The van der Waals surface area contributed by atoms with Crippen LogP contribution in [0.1, 0.15) is 11.1 Å². The molecule has 5 nitrogen and oxygen atoms in total. The Labute approximate surface area is 107 Å². The van der Waals surface area contributed by atoms with Gasteiger partial charge in [-0.2, -0.15) is 5.26 Å². The highest BCUT2D eigenvalue weighted by Gasteiger charge is 2.12. The molecule has 5 heteroatoms. The van der Waals surface area contributed by atoms with Gasteiger partial charge in [-0.05, 0) is 17.7 Å². The van der Waals surface area contributed by atoms with Crippen LogP contribution in [0.5, 0.6) is 0 Å². The highest BCUT2D eigenvalue weighted by atomic mass is 16.3. The molecular weight excluding hydrogens is 230 g/mol. The summed E-state index contributed by atoms with van der Waals surface area (Å²) in [7, 11) is 5.14. The van der Waals surface area contributed by atoms with E-state index in [1.165, 1.54) is 4.90 Å². The van der Waals surface area contributed by atoms with Crippen LogP contribution in [0.4, 0.5) is 5.69 Å². The maximum absolute atomic E-state index is 11.6. The number of hydrogen-bond acceptors (Lipinski definition) is 4. The van der Waals surface area contributed by atoms with Crippen LogP contribution in [0.2, 0.25) is 0 Å². The van der Waals surface area contributed by atoms with Gasteiger partial charge in [0.2, 0.25) is 5.91 Å². The molecular formula is C13H17N3O2. The van der Waals surface area contributed by atoms with E-state index in [1.54, 1.807) is 44.2 Å². The van der Waals surface area contributed by atoms with E-state index in [0.717, 1.165) is 0 Å². The van der Waals surface area contributed by atoms with Gasteiger partial charge < -0.3 is 14.9 Å². The van der Waals surface area contributed by atoms with Crippen molar-refractivity contribution in [1.82, 2.24) is 4.90 Å². The molecule has 1 N–H and O–H groups in total. The van der Waals surface area contributed by atoms with Gasteiger partial charge >= 0.3 is 0 Å². The third-order valence-corrected chi connectivity index (χ3v) is 2.65. The van der Waals surface area contributed by atoms with Crippen molar-refractivity contribution in [2.24, 2.45) is 0 Å². The number of rotatable bonds is 4. The van der Waals surface area contributed by atoms with Gasteiger partial charge in [0.25, 0.3) is 0 Å². The number of aliphatic hydroxyl groups is 1. The minimum Gasteiger partial charge on any atom is -0.392 e. The molecule has 0 bridgehead atoms. The molecule has 0 atom stereocenters. The summed E-state index contributed by atoms with van der Waals surface area (Å²) in [5.74, 6) is -0.0346. The molecule has 0 saturated heterocycles. The van der Waals surface area contributed by atoms with Gasteiger partial charge in [-0.3, -0.25) is 4.79 Å². The molecule has 0 aliphatic rings. The van der Waals surface area contributed by atoms with Crippen LogP contribution in [-0.2, 0) is 11.4 Å². The molecule has 1 rings (SSSR count). The van der Waals surface area contributed by atoms with E-state index in [9.17, 15) is 4.79 Å². The molecule has 18 heavy (non-hydrogen) atoms. The molecule has 0 saturated carbocycles. The first-order valence-electron chi connectivity index (χ1n) is 5.54. The second-order valence-electron chi connectivity index (χ2n) is 4.27. The molecule has 96 valence electrons. The topological polar surface area (TPSA) is 67.6 Å². The average Bonchev–Trinajstić information content (AvgIpc) is 2.37. The Hall–Kier alpha value is -2.06. The lowest BCUT2D eigenvalue weighted by Gasteiger charge is -2.22. The van der Waals surface area contributed by atoms with Crippen LogP contribution in [-0.4, -0.2) is 43.6 Å². The van der Waals surface area contributed by atoms with Crippen molar-refractivity contribution in [3.63, 3.8) is 0 Å². The smallest absolute Gasteiger partial charge is 0.241 e. The van der Waals surface area contributed by atoms with Crippen molar-refractivity contribution >= 4 is 11.6 Å². The number of carbonyl (C=O) groups is 1. The Morgan fingerprint density at radius 3 is 2.56 bits per heavy atom. The summed E-state index contributed by atoms with van der Waals surface area (Å²) in [6, 6.07) is 7.19. The van der Waals surface area contributed by atoms with Crippen LogP contribution in [0.25, 0.3) is 0 Å². The number of anilines is 1. The number of nitrogens with zero attached hydrogens (tertiary/aromatic N) is 3. The van der Waals surface area contributed by atoms with E-state index in [2.05, 4.69) is 6.07 Å². The Balaban J connectivity index is 2.96. The third-order valence-electron chi connectivity index (χ3n) is 2.65. The highest BCUT2D eigenvalue weighted by molar-refractivity contribution is 5.81. The zero-order chi connectivity index (χ0) is 13.7. The fourth-order valence-electron chi connectivity index (χ4n) is 1.53. The second kappa shape index (κ2) is 6.03. The van der Waals surface area contributed by atoms with E-state index < -0.39 is 0 Å². The van der Waals surface area contributed by atoms with Gasteiger partial charge in [-0.15, -0.1) is 0 Å². The van der Waals surface area contributed by atoms with Crippen LogP contribution in [0.3, 0.4) is 0 Å². The minimum absolute atomic E-state index is 0.0346. The van der Waals surface area contributed by atoms with E-state index in [0.29, 0.717) is 16.8 Å². The number of nitriles is 1. The highest BCUT2D eigenvalue weighted by Crippen LogP contribution is 2.20. The van der Waals surface area contributed by atoms with Gasteiger partial charge in [0.05, 0.1) is 24.4 Å². The van der Waals surface area contributed by atoms with Crippen molar-refractivity contribution in [1.29, 1.82) is 5.26 Å². The summed E-state index contributed by atoms with van der Waals surface area (Å²) in [6.07, 6.45) is 0. The summed E-state index contributed by atoms with van der Waals surface area (Å²) >= 11 is 0. The van der Waals surface area contributed by atoms with Crippen LogP contribution in [0, 0.1) is 11.3 Å². The SMILES string of the molecule is CN(C)C(=O)CN(C)c1ccc(CO)cc1C#N. The molecule has 0 aliphatic heterocycles. The van der Waals surface area contributed by atoms with Crippen molar-refractivity contribution < 1.29 is 9.90 Å². The summed E-state index contributed by atoms with van der Waals surface area (Å²) in [4.78, 5) is 14.8. The molecule has 0 unspecified atom stereocenters. The predicted octanol–water partition coefficient (Wildman–Crippen LogP) is 0.575. The Morgan fingerprint density at radius 2 is 2.06 bits per heavy atom. The Kier molecular flexibility index (Phi) is 4.69. The molecule has 1 aromatic rings. The predicted molar refractivity (Wildman–Crippen MR) is 69.0 cm³/mol. The first-order valence-corrected chi connectivity index (χ1v) is 5.54. The number of likely N-dealkylation sites (N-methyl/N-ethyl adjacent to an activating group) is 2. The van der Waals surface area contributed by atoms with Gasteiger partial charge in [-0.25, -0.2) is 0 Å². The molecule has 0 spiro atoms. The molecule has 0 aliphatic carbocycles. The molecule has 0 radical (unpaired) electrons. The maximum Gasteiger partial charge on any atom is 0.241 e. The molecule has 1 amide bonds. The molecule has 0 fully saturated rings. The zero-order valence-corrected chi connectivity index (χ0v) is 10.8. The molecule has 0 heterocycles. The van der Waals surface area contributed by atoms with E-state index >= 15 is 0 Å². The molecule has 0 aromatic heterocycles. The summed E-state index contributed by atoms with van der Waals surface area (Å²) in [6.45, 7) is 0.107. The monoisotopic (exact) mass is 247 g/mol. The lowest BCUT2D eigenvalue weighted by Crippen LogP contribution is -2.34. The Bertz CT molecular complexity index is 478. The fourth-order valence-corrected chi connectivity index (χ4v) is 1.53. The van der Waals surface area contributed by atoms with Gasteiger partial charge in [0.15, 0.2) is 0 Å². The first kappa shape index (κ1) is 14.0. The summed E-state index contributed by atoms with van der Waals surface area (Å²) in [5.41, 5.74) is 1.82. The van der Waals surface area contributed by atoms with Crippen molar-refractivity contribution in [3.8, 4) is 6.07 Å². The van der Waals surface area contributed by atoms with Gasteiger partial charge in [-0.1, -0.05) is 6.07 Å². The lowest BCUT2D eigenvalue weighted by atomic mass is 10.1. The average molecular weight is 247 g/mol. The first-order chi connectivity index (χ1) is 8.49. The normalized spacial score (nSPS) is 9.72. The van der Waals surface area contributed by atoms with Gasteiger partial charge in [0.1, 0.15) is 6.07 Å². The fraction of sp³-hybridized carbons (Fsp3) is 0.385. The number of carbonyl (C=O) groups excluding carboxylic acids is 1. The molecule has 1 aromatic carbocycles. The maximum atomic E-state index is 11.6. The quantitative estimate of drug-likeness (QED) is 0.845. The Morgan fingerprint density at radius 1 is 1.39 bits per heavy atom. The zero-order valence-electron chi connectivity index (χ0n) is 10.8. The summed E-state index contributed by atoms with van der Waals surface area (Å²) < 4.78 is 0. The van der Waals surface area contributed by atoms with Crippen LogP contribution >= 0.6 is 0 Å².